The zero-order chi connectivity index (χ0) is 20.8. The van der Waals surface area contributed by atoms with Crippen LogP contribution in [0.15, 0.2) is 41.8 Å². The van der Waals surface area contributed by atoms with Gasteiger partial charge in [0.15, 0.2) is 0 Å². The maximum absolute atomic E-state index is 12.7. The standard InChI is InChI=1S/C21H25N3O4S/c1-13(2)18(24-20(26)17-6-4-12-29-17)21(27)23-15-9-7-14(8-10-15)22-19(25)16-5-3-11-28-16/h4,6-10,12-13,16,18H,3,5,11H2,1-2H3,(H,22,25)(H,23,27)(H,24,26). The SMILES string of the molecule is CC(C)C(NC(=O)c1cccs1)C(=O)Nc1ccc(NC(=O)C2CCCO2)cc1. The van der Waals surface area contributed by atoms with E-state index in [1.165, 1.54) is 11.3 Å². The van der Waals surface area contributed by atoms with E-state index in [0.717, 1.165) is 12.8 Å². The minimum Gasteiger partial charge on any atom is -0.368 e. The van der Waals surface area contributed by atoms with Gasteiger partial charge in [-0.2, -0.15) is 0 Å². The number of ether oxygens (including phenoxy) is 1. The maximum Gasteiger partial charge on any atom is 0.262 e. The van der Waals surface area contributed by atoms with Crippen LogP contribution in [0.1, 0.15) is 36.4 Å². The Kier molecular flexibility index (Phi) is 7.00. The van der Waals surface area contributed by atoms with Crippen molar-refractivity contribution in [2.24, 2.45) is 5.92 Å². The van der Waals surface area contributed by atoms with Crippen LogP contribution in [-0.2, 0) is 14.3 Å². The molecule has 2 atom stereocenters. The lowest BCUT2D eigenvalue weighted by Gasteiger charge is -2.21. The minimum atomic E-state index is -0.663. The van der Waals surface area contributed by atoms with Crippen LogP contribution in [0.4, 0.5) is 11.4 Å². The Hall–Kier alpha value is -2.71. The van der Waals surface area contributed by atoms with Gasteiger partial charge < -0.3 is 20.7 Å². The second kappa shape index (κ2) is 9.67. The van der Waals surface area contributed by atoms with Crippen LogP contribution in [0.25, 0.3) is 0 Å². The molecule has 1 aromatic carbocycles. The van der Waals surface area contributed by atoms with Crippen molar-refractivity contribution in [3.8, 4) is 0 Å². The van der Waals surface area contributed by atoms with E-state index < -0.39 is 12.1 Å². The number of carbonyl (C=O) groups is 3. The van der Waals surface area contributed by atoms with Gasteiger partial charge in [0.1, 0.15) is 12.1 Å². The molecule has 1 aliphatic rings. The fourth-order valence-corrected chi connectivity index (χ4v) is 3.65. The molecule has 0 aliphatic carbocycles. The molecule has 3 rings (SSSR count). The number of hydrogen-bond donors (Lipinski definition) is 3. The predicted octanol–water partition coefficient (Wildman–Crippen LogP) is 3.26. The highest BCUT2D eigenvalue weighted by atomic mass is 32.1. The van der Waals surface area contributed by atoms with Crippen molar-refractivity contribution in [2.75, 3.05) is 17.2 Å². The molecule has 2 unspecified atom stereocenters. The van der Waals surface area contributed by atoms with Gasteiger partial charge in [0, 0.05) is 18.0 Å². The van der Waals surface area contributed by atoms with Crippen LogP contribution >= 0.6 is 11.3 Å². The van der Waals surface area contributed by atoms with Gasteiger partial charge in [-0.15, -0.1) is 11.3 Å². The van der Waals surface area contributed by atoms with E-state index >= 15 is 0 Å². The van der Waals surface area contributed by atoms with E-state index in [1.807, 2.05) is 19.2 Å². The number of carbonyl (C=O) groups excluding carboxylic acids is 3. The third kappa shape index (κ3) is 5.65. The van der Waals surface area contributed by atoms with Gasteiger partial charge in [-0.3, -0.25) is 14.4 Å². The fourth-order valence-electron chi connectivity index (χ4n) is 3.02. The molecular weight excluding hydrogens is 390 g/mol. The molecule has 8 heteroatoms. The summed E-state index contributed by atoms with van der Waals surface area (Å²) in [7, 11) is 0. The lowest BCUT2D eigenvalue weighted by Crippen LogP contribution is -2.46. The molecule has 0 saturated carbocycles. The molecule has 2 heterocycles. The maximum atomic E-state index is 12.7. The van der Waals surface area contributed by atoms with Crippen LogP contribution in [0.5, 0.6) is 0 Å². The summed E-state index contributed by atoms with van der Waals surface area (Å²) in [6.07, 6.45) is 1.23. The lowest BCUT2D eigenvalue weighted by atomic mass is 10.0. The van der Waals surface area contributed by atoms with Crippen LogP contribution in [0.3, 0.4) is 0 Å². The molecule has 3 amide bonds. The van der Waals surface area contributed by atoms with Gasteiger partial charge in [0.05, 0.1) is 4.88 Å². The molecule has 7 nitrogen and oxygen atoms in total. The molecule has 1 aromatic heterocycles. The summed E-state index contributed by atoms with van der Waals surface area (Å²) in [5.74, 6) is -0.790. The van der Waals surface area contributed by atoms with Gasteiger partial charge >= 0.3 is 0 Å². The van der Waals surface area contributed by atoms with Crippen molar-refractivity contribution in [1.82, 2.24) is 5.32 Å². The van der Waals surface area contributed by atoms with Crippen molar-refractivity contribution >= 4 is 40.4 Å². The van der Waals surface area contributed by atoms with Gasteiger partial charge in [-0.1, -0.05) is 19.9 Å². The Morgan fingerprint density at radius 1 is 1.07 bits per heavy atom. The van der Waals surface area contributed by atoms with Crippen molar-refractivity contribution in [3.05, 3.63) is 46.7 Å². The number of thiophene rings is 1. The van der Waals surface area contributed by atoms with Crippen LogP contribution in [0.2, 0.25) is 0 Å². The van der Waals surface area contributed by atoms with E-state index in [9.17, 15) is 14.4 Å². The van der Waals surface area contributed by atoms with Crippen LogP contribution in [-0.4, -0.2) is 36.5 Å². The molecule has 2 aromatic rings. The number of benzene rings is 1. The average molecular weight is 416 g/mol. The Morgan fingerprint density at radius 3 is 2.31 bits per heavy atom. The number of anilines is 2. The largest absolute Gasteiger partial charge is 0.368 e. The summed E-state index contributed by atoms with van der Waals surface area (Å²) in [6.45, 7) is 4.37. The molecule has 1 aliphatic heterocycles. The second-order valence-electron chi connectivity index (χ2n) is 7.23. The van der Waals surface area contributed by atoms with Gasteiger partial charge in [-0.05, 0) is 54.5 Å². The van der Waals surface area contributed by atoms with Crippen molar-refractivity contribution in [2.45, 2.75) is 38.8 Å². The number of amides is 3. The normalized spacial score (nSPS) is 17.0. The summed E-state index contributed by atoms with van der Waals surface area (Å²) in [5, 5.41) is 10.3. The van der Waals surface area contributed by atoms with E-state index in [0.29, 0.717) is 22.9 Å². The monoisotopic (exact) mass is 415 g/mol. The first kappa shape index (κ1) is 21.0. The third-order valence-electron chi connectivity index (χ3n) is 4.62. The first-order chi connectivity index (χ1) is 13.9. The van der Waals surface area contributed by atoms with Crippen molar-refractivity contribution < 1.29 is 19.1 Å². The average Bonchev–Trinajstić information content (AvgIpc) is 3.40. The predicted molar refractivity (Wildman–Crippen MR) is 113 cm³/mol. The molecular formula is C21H25N3O4S. The summed E-state index contributed by atoms with van der Waals surface area (Å²) in [6, 6.07) is 9.71. The highest BCUT2D eigenvalue weighted by Gasteiger charge is 2.25. The summed E-state index contributed by atoms with van der Waals surface area (Å²) >= 11 is 1.33. The Balaban J connectivity index is 1.57. The molecule has 0 bridgehead atoms. The van der Waals surface area contributed by atoms with Gasteiger partial charge in [0.25, 0.3) is 11.8 Å². The first-order valence-corrected chi connectivity index (χ1v) is 10.5. The Bertz CT molecular complexity index is 843. The summed E-state index contributed by atoms with van der Waals surface area (Å²) < 4.78 is 5.37. The Labute approximate surface area is 173 Å². The number of hydrogen-bond acceptors (Lipinski definition) is 5. The van der Waals surface area contributed by atoms with E-state index in [2.05, 4.69) is 16.0 Å². The van der Waals surface area contributed by atoms with E-state index in [4.69, 9.17) is 4.74 Å². The van der Waals surface area contributed by atoms with Crippen molar-refractivity contribution in [3.63, 3.8) is 0 Å². The molecule has 3 N–H and O–H groups in total. The van der Waals surface area contributed by atoms with Crippen molar-refractivity contribution in [1.29, 1.82) is 0 Å². The lowest BCUT2D eigenvalue weighted by molar-refractivity contribution is -0.124. The highest BCUT2D eigenvalue weighted by Crippen LogP contribution is 2.18. The molecule has 154 valence electrons. The molecule has 1 fully saturated rings. The Morgan fingerprint density at radius 2 is 1.76 bits per heavy atom. The van der Waals surface area contributed by atoms with Gasteiger partial charge in [-0.25, -0.2) is 0 Å². The number of rotatable bonds is 7. The third-order valence-corrected chi connectivity index (χ3v) is 5.49. The van der Waals surface area contributed by atoms with Crippen LogP contribution < -0.4 is 16.0 Å². The van der Waals surface area contributed by atoms with Crippen LogP contribution in [0, 0.1) is 5.92 Å². The first-order valence-electron chi connectivity index (χ1n) is 9.62. The zero-order valence-electron chi connectivity index (χ0n) is 16.4. The minimum absolute atomic E-state index is 0.0797. The van der Waals surface area contributed by atoms with E-state index in [-0.39, 0.29) is 23.6 Å². The second-order valence-corrected chi connectivity index (χ2v) is 8.18. The fraction of sp³-hybridized carbons (Fsp3) is 0.381. The summed E-state index contributed by atoms with van der Waals surface area (Å²) in [4.78, 5) is 37.7. The summed E-state index contributed by atoms with van der Waals surface area (Å²) in [5.41, 5.74) is 1.22. The molecule has 29 heavy (non-hydrogen) atoms. The van der Waals surface area contributed by atoms with Gasteiger partial charge in [0.2, 0.25) is 5.91 Å². The quantitative estimate of drug-likeness (QED) is 0.647. The number of nitrogens with one attached hydrogen (secondary N) is 3. The highest BCUT2D eigenvalue weighted by molar-refractivity contribution is 7.12. The smallest absolute Gasteiger partial charge is 0.262 e. The zero-order valence-corrected chi connectivity index (χ0v) is 17.3. The molecule has 0 radical (unpaired) electrons. The molecule has 1 saturated heterocycles. The topological polar surface area (TPSA) is 96.5 Å². The molecule has 0 spiro atoms. The van der Waals surface area contributed by atoms with E-state index in [1.54, 1.807) is 36.4 Å².